The summed E-state index contributed by atoms with van der Waals surface area (Å²) in [6, 6.07) is 18.8. The highest BCUT2D eigenvalue weighted by Crippen LogP contribution is 2.31. The summed E-state index contributed by atoms with van der Waals surface area (Å²) in [5.74, 6) is -0.659. The molecule has 1 aliphatic heterocycles. The molecule has 0 saturated carbocycles. The minimum Gasteiger partial charge on any atom is -0.350 e. The fourth-order valence-electron chi connectivity index (χ4n) is 5.12. The number of nitrogens with one attached hydrogen (secondary N) is 3. The molecular weight excluding hydrogens is 523 g/mol. The van der Waals surface area contributed by atoms with E-state index in [0.717, 1.165) is 30.4 Å². The second kappa shape index (κ2) is 11.5. The number of benzene rings is 3. The summed E-state index contributed by atoms with van der Waals surface area (Å²) in [7, 11) is 0. The van der Waals surface area contributed by atoms with Crippen molar-refractivity contribution in [2.45, 2.75) is 31.8 Å². The van der Waals surface area contributed by atoms with Crippen LogP contribution in [0.1, 0.15) is 55.4 Å². The van der Waals surface area contributed by atoms with Crippen molar-refractivity contribution < 1.29 is 14.4 Å². The van der Waals surface area contributed by atoms with Gasteiger partial charge in [-0.05, 0) is 53.6 Å². The van der Waals surface area contributed by atoms with E-state index in [1.54, 1.807) is 4.90 Å². The van der Waals surface area contributed by atoms with E-state index in [9.17, 15) is 14.4 Å². The Morgan fingerprint density at radius 3 is 2.26 bits per heavy atom. The SMILES string of the molecule is O=C(NCCNC(=O)c1c(Cl)cc(C(=O)N2CCc3ccccc3C2)cc1Cl)N[C@@H]1CCc2ccccc21. The third-order valence-corrected chi connectivity index (χ3v) is 7.66. The van der Waals surface area contributed by atoms with E-state index in [2.05, 4.69) is 28.1 Å². The number of amides is 4. The van der Waals surface area contributed by atoms with Crippen molar-refractivity contribution in [2.24, 2.45) is 0 Å². The van der Waals surface area contributed by atoms with Gasteiger partial charge in [0.15, 0.2) is 0 Å². The van der Waals surface area contributed by atoms with Crippen LogP contribution in [0.5, 0.6) is 0 Å². The molecule has 3 aromatic carbocycles. The van der Waals surface area contributed by atoms with Gasteiger partial charge in [0.1, 0.15) is 0 Å². The van der Waals surface area contributed by atoms with E-state index in [1.807, 2.05) is 36.4 Å². The molecule has 4 amide bonds. The molecule has 3 aromatic rings. The largest absolute Gasteiger partial charge is 0.350 e. The molecule has 0 unspecified atom stereocenters. The average Bonchev–Trinajstić information content (AvgIpc) is 3.32. The first-order valence-corrected chi connectivity index (χ1v) is 13.4. The van der Waals surface area contributed by atoms with Crippen LogP contribution in [0.3, 0.4) is 0 Å². The van der Waals surface area contributed by atoms with Gasteiger partial charge in [-0.1, -0.05) is 71.7 Å². The molecule has 0 aromatic heterocycles. The van der Waals surface area contributed by atoms with Crippen LogP contribution in [0.15, 0.2) is 60.7 Å². The van der Waals surface area contributed by atoms with Crippen LogP contribution >= 0.6 is 23.2 Å². The number of fused-ring (bicyclic) bond motifs is 2. The number of urea groups is 1. The molecule has 9 heteroatoms. The summed E-state index contributed by atoms with van der Waals surface area (Å²) >= 11 is 12.8. The molecule has 0 saturated heterocycles. The number of hydrogen-bond donors (Lipinski definition) is 3. The van der Waals surface area contributed by atoms with E-state index >= 15 is 0 Å². The zero-order valence-corrected chi connectivity index (χ0v) is 22.2. The number of nitrogens with zero attached hydrogens (tertiary/aromatic N) is 1. The molecule has 1 heterocycles. The van der Waals surface area contributed by atoms with E-state index in [-0.39, 0.29) is 46.7 Å². The van der Waals surface area contributed by atoms with Gasteiger partial charge in [-0.15, -0.1) is 0 Å². The summed E-state index contributed by atoms with van der Waals surface area (Å²) in [5.41, 5.74) is 5.20. The molecule has 0 fully saturated rings. The van der Waals surface area contributed by atoms with Crippen molar-refractivity contribution in [1.82, 2.24) is 20.9 Å². The Bertz CT molecular complexity index is 1370. The predicted molar refractivity (Wildman–Crippen MR) is 148 cm³/mol. The lowest BCUT2D eigenvalue weighted by Gasteiger charge is -2.29. The summed E-state index contributed by atoms with van der Waals surface area (Å²) < 4.78 is 0. The van der Waals surface area contributed by atoms with Crippen LogP contribution in [-0.4, -0.2) is 42.4 Å². The number of carbonyl (C=O) groups excluding carboxylic acids is 3. The van der Waals surface area contributed by atoms with Crippen molar-refractivity contribution >= 4 is 41.0 Å². The Labute approximate surface area is 231 Å². The Kier molecular flexibility index (Phi) is 7.86. The summed E-state index contributed by atoms with van der Waals surface area (Å²) in [6.07, 6.45) is 2.59. The maximum Gasteiger partial charge on any atom is 0.315 e. The first kappa shape index (κ1) is 26.1. The number of aryl methyl sites for hydroxylation is 1. The molecule has 196 valence electrons. The Morgan fingerprint density at radius 1 is 0.842 bits per heavy atom. The van der Waals surface area contributed by atoms with E-state index in [0.29, 0.717) is 18.7 Å². The molecule has 3 N–H and O–H groups in total. The second-order valence-electron chi connectivity index (χ2n) is 9.51. The molecule has 38 heavy (non-hydrogen) atoms. The zero-order chi connectivity index (χ0) is 26.6. The maximum atomic E-state index is 13.1. The van der Waals surface area contributed by atoms with Crippen molar-refractivity contribution in [1.29, 1.82) is 0 Å². The highest BCUT2D eigenvalue weighted by atomic mass is 35.5. The standard InChI is InChI=1S/C29H28Cl2N4O3/c30-23-15-21(28(37)35-14-11-18-5-1-2-7-20(18)17-35)16-24(31)26(23)27(36)32-12-13-33-29(38)34-25-10-9-19-6-3-4-8-22(19)25/h1-8,15-16,25H,9-14,17H2,(H,32,36)(H2,33,34,38)/t25-/m1/s1. The number of hydrogen-bond acceptors (Lipinski definition) is 3. The Balaban J connectivity index is 1.12. The van der Waals surface area contributed by atoms with Crippen molar-refractivity contribution in [3.63, 3.8) is 0 Å². The molecule has 7 nitrogen and oxygen atoms in total. The Morgan fingerprint density at radius 2 is 1.50 bits per heavy atom. The fraction of sp³-hybridized carbons (Fsp3) is 0.276. The molecule has 2 aliphatic rings. The van der Waals surface area contributed by atoms with Crippen LogP contribution < -0.4 is 16.0 Å². The number of carbonyl (C=O) groups is 3. The maximum absolute atomic E-state index is 13.1. The van der Waals surface area contributed by atoms with Crippen LogP contribution in [-0.2, 0) is 19.4 Å². The van der Waals surface area contributed by atoms with Gasteiger partial charge in [0, 0.05) is 31.7 Å². The second-order valence-corrected chi connectivity index (χ2v) is 10.3. The van der Waals surface area contributed by atoms with Gasteiger partial charge < -0.3 is 20.9 Å². The summed E-state index contributed by atoms with van der Waals surface area (Å²) in [5, 5.41) is 8.66. The van der Waals surface area contributed by atoms with Crippen LogP contribution in [0.4, 0.5) is 4.79 Å². The molecule has 0 radical (unpaired) electrons. The molecule has 1 aliphatic carbocycles. The highest BCUT2D eigenvalue weighted by molar-refractivity contribution is 6.40. The van der Waals surface area contributed by atoms with Gasteiger partial charge >= 0.3 is 6.03 Å². The first-order chi connectivity index (χ1) is 18.4. The number of rotatable bonds is 6. The van der Waals surface area contributed by atoms with E-state index in [1.165, 1.54) is 23.3 Å². The van der Waals surface area contributed by atoms with Crippen molar-refractivity contribution in [3.8, 4) is 0 Å². The van der Waals surface area contributed by atoms with Crippen LogP contribution in [0.2, 0.25) is 10.0 Å². The third-order valence-electron chi connectivity index (χ3n) is 7.07. The quantitative estimate of drug-likeness (QED) is 0.381. The lowest BCUT2D eigenvalue weighted by molar-refractivity contribution is 0.0734. The minimum absolute atomic E-state index is 0.0145. The van der Waals surface area contributed by atoms with Gasteiger partial charge in [0.05, 0.1) is 21.7 Å². The molecule has 0 spiro atoms. The average molecular weight is 551 g/mol. The van der Waals surface area contributed by atoms with Gasteiger partial charge in [-0.2, -0.15) is 0 Å². The molecule has 1 atom stereocenters. The van der Waals surface area contributed by atoms with Gasteiger partial charge in [0.25, 0.3) is 11.8 Å². The lowest BCUT2D eigenvalue weighted by Crippen LogP contribution is -2.41. The highest BCUT2D eigenvalue weighted by Gasteiger charge is 2.25. The van der Waals surface area contributed by atoms with Crippen molar-refractivity contribution in [2.75, 3.05) is 19.6 Å². The normalized spacial score (nSPS) is 15.8. The summed E-state index contributed by atoms with van der Waals surface area (Å²) in [6.45, 7) is 1.53. The molecule has 0 bridgehead atoms. The van der Waals surface area contributed by atoms with E-state index in [4.69, 9.17) is 23.2 Å². The van der Waals surface area contributed by atoms with Gasteiger partial charge in [-0.3, -0.25) is 9.59 Å². The zero-order valence-electron chi connectivity index (χ0n) is 20.7. The molecular formula is C29H28Cl2N4O3. The Hall–Kier alpha value is -3.55. The lowest BCUT2D eigenvalue weighted by atomic mass is 9.99. The van der Waals surface area contributed by atoms with Crippen molar-refractivity contribution in [3.05, 3.63) is 104 Å². The predicted octanol–water partition coefficient (Wildman–Crippen LogP) is 4.91. The monoisotopic (exact) mass is 550 g/mol. The van der Waals surface area contributed by atoms with Gasteiger partial charge in [0.2, 0.25) is 0 Å². The molecule has 5 rings (SSSR count). The first-order valence-electron chi connectivity index (χ1n) is 12.7. The van der Waals surface area contributed by atoms with Crippen LogP contribution in [0, 0.1) is 0 Å². The van der Waals surface area contributed by atoms with Gasteiger partial charge in [-0.25, -0.2) is 4.79 Å². The fourth-order valence-corrected chi connectivity index (χ4v) is 5.78. The number of halogens is 2. The van der Waals surface area contributed by atoms with E-state index < -0.39 is 5.91 Å². The smallest absolute Gasteiger partial charge is 0.315 e. The topological polar surface area (TPSA) is 90.5 Å². The van der Waals surface area contributed by atoms with Crippen LogP contribution in [0.25, 0.3) is 0 Å². The summed E-state index contributed by atoms with van der Waals surface area (Å²) in [4.78, 5) is 40.0. The third kappa shape index (κ3) is 5.64. The minimum atomic E-state index is -0.474.